The summed E-state index contributed by atoms with van der Waals surface area (Å²) in [7, 11) is -1.01. The number of aliphatic hydroxyl groups excluding tert-OH is 1. The second-order valence-electron chi connectivity index (χ2n) is 7.70. The van der Waals surface area contributed by atoms with Gasteiger partial charge in [-0.1, -0.05) is 6.07 Å². The van der Waals surface area contributed by atoms with E-state index in [4.69, 9.17) is 15.1 Å². The molecule has 2 aliphatic heterocycles. The van der Waals surface area contributed by atoms with E-state index in [0.29, 0.717) is 0 Å². The van der Waals surface area contributed by atoms with Gasteiger partial charge < -0.3 is 35.3 Å². The van der Waals surface area contributed by atoms with E-state index < -0.39 is 25.2 Å². The van der Waals surface area contributed by atoms with Gasteiger partial charge in [-0.25, -0.2) is 4.79 Å². The number of aromatic carboxylic acids is 1. The lowest BCUT2D eigenvalue weighted by Crippen LogP contribution is -2.64. The highest BCUT2D eigenvalue weighted by molar-refractivity contribution is 6.48. The maximum absolute atomic E-state index is 12.2. The van der Waals surface area contributed by atoms with Crippen LogP contribution in [0.15, 0.2) is 12.1 Å². The molecule has 27 heavy (non-hydrogen) atoms. The largest absolute Gasteiger partial charge is 0.535 e. The van der Waals surface area contributed by atoms with Crippen molar-refractivity contribution in [2.75, 3.05) is 19.7 Å². The van der Waals surface area contributed by atoms with Crippen LogP contribution in [0.4, 0.5) is 0 Å². The zero-order chi connectivity index (χ0) is 19.5. The summed E-state index contributed by atoms with van der Waals surface area (Å²) in [5.74, 6) is -1.14. The Morgan fingerprint density at radius 3 is 2.78 bits per heavy atom. The Morgan fingerprint density at radius 1 is 1.44 bits per heavy atom. The van der Waals surface area contributed by atoms with Gasteiger partial charge in [-0.2, -0.15) is 0 Å². The van der Waals surface area contributed by atoms with E-state index in [0.717, 1.165) is 12.0 Å². The molecule has 2 heterocycles. The number of rotatable bonds is 5. The Bertz CT molecular complexity index is 809. The summed E-state index contributed by atoms with van der Waals surface area (Å²) in [6.07, 6.45) is 0.386. The molecule has 0 aromatic heterocycles. The lowest BCUT2D eigenvalue weighted by atomic mass is 9.77. The average molecular weight is 376 g/mol. The number of nitrogens with zero attached hydrogens (tertiary/aromatic N) is 1. The molecule has 4 rings (SSSR count). The summed E-state index contributed by atoms with van der Waals surface area (Å²) in [6, 6.07) is 3.38. The third-order valence-corrected chi connectivity index (χ3v) is 5.45. The van der Waals surface area contributed by atoms with Gasteiger partial charge in [0.25, 0.3) is 0 Å². The maximum Gasteiger partial charge on any atom is 0.526 e. The van der Waals surface area contributed by atoms with E-state index in [2.05, 4.69) is 0 Å². The lowest BCUT2D eigenvalue weighted by Gasteiger charge is -2.42. The van der Waals surface area contributed by atoms with E-state index in [-0.39, 0.29) is 53.9 Å². The van der Waals surface area contributed by atoms with Crippen LogP contribution in [0.25, 0.3) is 0 Å². The molecule has 9 nitrogen and oxygen atoms in total. The van der Waals surface area contributed by atoms with Crippen LogP contribution in [0.3, 0.4) is 0 Å². The number of likely N-dealkylation sites (tertiary alicyclic amines) is 1. The highest BCUT2D eigenvalue weighted by Crippen LogP contribution is 2.60. The summed E-state index contributed by atoms with van der Waals surface area (Å²) in [5.41, 5.74) is 5.05. The van der Waals surface area contributed by atoms with Crippen LogP contribution < -0.4 is 15.1 Å². The molecule has 1 aromatic rings. The third kappa shape index (κ3) is 2.93. The standard InChI is InChI=1S/C17H21BN2O7/c1-17(19,7-21)16(24)20-5-8(6-20)26-12-3-2-9-10-4-11(10)18(25)27-14(9)13(12)15(22)23/h2-3,8,10-11,21,25H,4-7,19H2,1H3,(H,22,23)/t10-,11-,17+/m0/s1. The fourth-order valence-corrected chi connectivity index (χ4v) is 3.68. The van der Waals surface area contributed by atoms with Crippen LogP contribution in [-0.2, 0) is 4.79 Å². The van der Waals surface area contributed by atoms with Crippen LogP contribution in [0.2, 0.25) is 5.82 Å². The predicted molar refractivity (Wildman–Crippen MR) is 93.8 cm³/mol. The van der Waals surface area contributed by atoms with E-state index in [1.165, 1.54) is 11.8 Å². The molecular weight excluding hydrogens is 355 g/mol. The smallest absolute Gasteiger partial charge is 0.526 e. The number of carbonyl (C=O) groups excluding carboxylic acids is 1. The van der Waals surface area contributed by atoms with Crippen LogP contribution in [0, 0.1) is 0 Å². The SMILES string of the molecule is C[C@@](N)(CO)C(=O)N1CC(Oc2ccc3c(c2C(=O)O)OB(O)[C@H]2C[C@@H]32)C1. The minimum absolute atomic E-state index is 0.0224. The fraction of sp³-hybridized carbons (Fsp3) is 0.529. The molecule has 0 bridgehead atoms. The Morgan fingerprint density at radius 2 is 2.15 bits per heavy atom. The van der Waals surface area contributed by atoms with Gasteiger partial charge in [0.15, 0.2) is 0 Å². The number of hydrogen-bond acceptors (Lipinski definition) is 7. The van der Waals surface area contributed by atoms with E-state index in [9.17, 15) is 24.8 Å². The molecule has 3 atom stereocenters. The van der Waals surface area contributed by atoms with Crippen molar-refractivity contribution in [1.29, 1.82) is 0 Å². The van der Waals surface area contributed by atoms with Crippen molar-refractivity contribution >= 4 is 19.0 Å². The molecule has 0 unspecified atom stereocenters. The van der Waals surface area contributed by atoms with Gasteiger partial charge in [0.05, 0.1) is 19.7 Å². The van der Waals surface area contributed by atoms with E-state index >= 15 is 0 Å². The molecule has 144 valence electrons. The van der Waals surface area contributed by atoms with Crippen LogP contribution in [0.1, 0.15) is 35.2 Å². The first-order valence-electron chi connectivity index (χ1n) is 8.83. The summed E-state index contributed by atoms with van der Waals surface area (Å²) < 4.78 is 11.2. The predicted octanol–water partition coefficient (Wildman–Crippen LogP) is -0.585. The van der Waals surface area contributed by atoms with Crippen molar-refractivity contribution in [2.24, 2.45) is 5.73 Å². The van der Waals surface area contributed by atoms with Crippen LogP contribution in [-0.4, -0.2) is 70.5 Å². The highest BCUT2D eigenvalue weighted by atomic mass is 16.5. The van der Waals surface area contributed by atoms with Crippen molar-refractivity contribution in [3.05, 3.63) is 23.3 Å². The molecule has 1 saturated heterocycles. The normalized spacial score (nSPS) is 25.5. The third-order valence-electron chi connectivity index (χ3n) is 5.45. The summed E-state index contributed by atoms with van der Waals surface area (Å²) in [4.78, 5) is 25.4. The van der Waals surface area contributed by atoms with Crippen LogP contribution in [0.5, 0.6) is 11.5 Å². The molecule has 0 spiro atoms. The highest BCUT2D eigenvalue weighted by Gasteiger charge is 2.54. The van der Waals surface area contributed by atoms with E-state index in [1.807, 2.05) is 0 Å². The number of ether oxygens (including phenoxy) is 1. The van der Waals surface area contributed by atoms with Crippen molar-refractivity contribution < 1.29 is 34.2 Å². The first kappa shape index (κ1) is 18.1. The van der Waals surface area contributed by atoms with Gasteiger partial charge in [-0.15, -0.1) is 0 Å². The molecule has 10 heteroatoms. The first-order chi connectivity index (χ1) is 12.7. The molecule has 1 aromatic carbocycles. The number of fused-ring (bicyclic) bond motifs is 3. The number of carboxylic acids is 1. The summed E-state index contributed by atoms with van der Waals surface area (Å²) in [6.45, 7) is 1.47. The number of nitrogens with two attached hydrogens (primary N) is 1. The number of carbonyl (C=O) groups is 2. The molecule has 0 radical (unpaired) electrons. The topological polar surface area (TPSA) is 143 Å². The Labute approximate surface area is 155 Å². The minimum atomic E-state index is -1.35. The van der Waals surface area contributed by atoms with Gasteiger partial charge in [0, 0.05) is 5.82 Å². The number of aliphatic hydroxyl groups is 1. The maximum atomic E-state index is 12.2. The second kappa shape index (κ2) is 6.11. The van der Waals surface area contributed by atoms with Gasteiger partial charge in [0.1, 0.15) is 28.7 Å². The first-order valence-corrected chi connectivity index (χ1v) is 8.83. The Kier molecular flexibility index (Phi) is 4.10. The monoisotopic (exact) mass is 376 g/mol. The second-order valence-corrected chi connectivity index (χ2v) is 7.70. The number of hydrogen-bond donors (Lipinski definition) is 4. The molecule has 2 fully saturated rings. The summed E-state index contributed by atoms with van der Waals surface area (Å²) >= 11 is 0. The molecule has 1 saturated carbocycles. The van der Waals surface area contributed by atoms with Crippen molar-refractivity contribution in [2.45, 2.75) is 36.7 Å². The van der Waals surface area contributed by atoms with Crippen molar-refractivity contribution in [3.8, 4) is 11.5 Å². The Balaban J connectivity index is 1.50. The lowest BCUT2D eigenvalue weighted by molar-refractivity contribution is -0.146. The zero-order valence-electron chi connectivity index (χ0n) is 14.8. The Hall–Kier alpha value is -2.30. The van der Waals surface area contributed by atoms with Gasteiger partial charge in [-0.3, -0.25) is 4.79 Å². The number of carboxylic acid groups (broad SMARTS) is 1. The quantitative estimate of drug-likeness (QED) is 0.500. The van der Waals surface area contributed by atoms with Crippen molar-refractivity contribution in [1.82, 2.24) is 4.90 Å². The molecule has 3 aliphatic rings. The minimum Gasteiger partial charge on any atom is -0.535 e. The average Bonchev–Trinajstić information content (AvgIpc) is 3.38. The molecular formula is C17H21BN2O7. The van der Waals surface area contributed by atoms with Gasteiger partial charge in [-0.05, 0) is 30.9 Å². The zero-order valence-corrected chi connectivity index (χ0v) is 14.8. The van der Waals surface area contributed by atoms with Gasteiger partial charge in [0.2, 0.25) is 5.91 Å². The molecule has 1 amide bonds. The fourth-order valence-electron chi connectivity index (χ4n) is 3.68. The number of benzene rings is 1. The molecule has 5 N–H and O–H groups in total. The summed E-state index contributed by atoms with van der Waals surface area (Å²) in [5, 5.41) is 28.8. The van der Waals surface area contributed by atoms with Crippen molar-refractivity contribution in [3.63, 3.8) is 0 Å². The number of amides is 1. The van der Waals surface area contributed by atoms with E-state index in [1.54, 1.807) is 12.1 Å². The molecule has 1 aliphatic carbocycles. The van der Waals surface area contributed by atoms with Crippen LogP contribution >= 0.6 is 0 Å². The van der Waals surface area contributed by atoms with Gasteiger partial charge >= 0.3 is 13.1 Å².